The highest BCUT2D eigenvalue weighted by Gasteiger charge is 2.33. The zero-order chi connectivity index (χ0) is 20.4. The minimum absolute atomic E-state index is 0.0673. The van der Waals surface area contributed by atoms with Gasteiger partial charge in [-0.05, 0) is 29.4 Å². The fraction of sp³-hybridized carbons (Fsp3) is 0.136. The average Bonchev–Trinajstić information content (AvgIpc) is 2.99. The van der Waals surface area contributed by atoms with E-state index in [9.17, 15) is 9.59 Å². The molecule has 1 saturated heterocycles. The molecule has 2 aromatic carbocycles. The largest absolute Gasteiger partial charge is 0.481 e. The second-order valence-electron chi connectivity index (χ2n) is 6.57. The molecule has 0 aliphatic carbocycles. The van der Waals surface area contributed by atoms with Crippen molar-refractivity contribution >= 4 is 46.3 Å². The third-order valence-electron chi connectivity index (χ3n) is 4.61. The van der Waals surface area contributed by atoms with Crippen molar-refractivity contribution in [3.05, 3.63) is 82.3 Å². The molecule has 146 valence electrons. The van der Waals surface area contributed by atoms with Crippen molar-refractivity contribution in [3.8, 4) is 5.75 Å². The Hall–Kier alpha value is -2.90. The van der Waals surface area contributed by atoms with Crippen LogP contribution in [0, 0.1) is 0 Å². The van der Waals surface area contributed by atoms with Crippen LogP contribution in [0.3, 0.4) is 0 Å². The van der Waals surface area contributed by atoms with Crippen molar-refractivity contribution in [3.63, 3.8) is 0 Å². The van der Waals surface area contributed by atoms with Crippen molar-refractivity contribution in [2.24, 2.45) is 0 Å². The van der Waals surface area contributed by atoms with Crippen LogP contribution in [-0.4, -0.2) is 32.7 Å². The summed E-state index contributed by atoms with van der Waals surface area (Å²) in [5.41, 5.74) is 2.76. The average molecular weight is 424 g/mol. The normalized spacial score (nSPS) is 19.7. The Morgan fingerprint density at radius 2 is 1.90 bits per heavy atom. The number of carbonyl (C=O) groups excluding carboxylic acids is 1. The number of para-hydroxylation sites is 1. The van der Waals surface area contributed by atoms with Gasteiger partial charge in [0.25, 0.3) is 5.91 Å². The van der Waals surface area contributed by atoms with Crippen LogP contribution in [0.25, 0.3) is 6.08 Å². The Bertz CT molecular complexity index is 1050. The number of benzene rings is 2. The summed E-state index contributed by atoms with van der Waals surface area (Å²) in [5, 5.41) is 8.90. The van der Waals surface area contributed by atoms with Crippen molar-refractivity contribution in [1.29, 1.82) is 0 Å². The van der Waals surface area contributed by atoms with Crippen molar-refractivity contribution in [2.45, 2.75) is 12.5 Å². The van der Waals surface area contributed by atoms with Gasteiger partial charge in [-0.3, -0.25) is 14.5 Å². The standard InChI is InChI=1S/C22H17NO4S2/c24-19(25)10-11-23-21(26)18(29-22(23)28)13-16-12-15-8-4-5-9-17(15)27-20(16)14-6-2-1-3-7-14/h1-9,12-13,20H,10-11H2,(H,24,25)/b18-13-. The molecule has 1 atom stereocenters. The number of thioether (sulfide) groups is 1. The number of thiocarbonyl (C=S) groups is 1. The van der Waals surface area contributed by atoms with E-state index < -0.39 is 5.97 Å². The summed E-state index contributed by atoms with van der Waals surface area (Å²) < 4.78 is 6.62. The second-order valence-corrected chi connectivity index (χ2v) is 8.24. The number of carbonyl (C=O) groups is 2. The summed E-state index contributed by atoms with van der Waals surface area (Å²) in [5.74, 6) is -0.451. The Balaban J connectivity index is 1.69. The maximum atomic E-state index is 12.8. The summed E-state index contributed by atoms with van der Waals surface area (Å²) in [7, 11) is 0. The molecule has 1 fully saturated rings. The molecule has 2 heterocycles. The highest BCUT2D eigenvalue weighted by atomic mass is 32.2. The first-order valence-electron chi connectivity index (χ1n) is 9.02. The first-order chi connectivity index (χ1) is 14.0. The molecule has 0 radical (unpaired) electrons. The lowest BCUT2D eigenvalue weighted by atomic mass is 9.95. The number of rotatable bonds is 5. The number of hydrogen-bond acceptors (Lipinski definition) is 5. The lowest BCUT2D eigenvalue weighted by Gasteiger charge is -2.26. The lowest BCUT2D eigenvalue weighted by Crippen LogP contribution is -2.30. The predicted molar refractivity (Wildman–Crippen MR) is 116 cm³/mol. The van der Waals surface area contributed by atoms with Crippen LogP contribution in [0.2, 0.25) is 0 Å². The summed E-state index contributed by atoms with van der Waals surface area (Å²) in [4.78, 5) is 25.4. The molecule has 5 nitrogen and oxygen atoms in total. The number of hydrogen-bond donors (Lipinski definition) is 1. The van der Waals surface area contributed by atoms with Crippen LogP contribution >= 0.6 is 24.0 Å². The van der Waals surface area contributed by atoms with Crippen LogP contribution in [0.15, 0.2) is 71.2 Å². The molecule has 0 aromatic heterocycles. The maximum Gasteiger partial charge on any atom is 0.305 e. The Kier molecular flexibility index (Phi) is 5.51. The Morgan fingerprint density at radius 3 is 2.66 bits per heavy atom. The third kappa shape index (κ3) is 4.11. The monoisotopic (exact) mass is 423 g/mol. The van der Waals surface area contributed by atoms with Gasteiger partial charge in [0.05, 0.1) is 11.3 Å². The first kappa shape index (κ1) is 19.4. The van der Waals surface area contributed by atoms with Gasteiger partial charge in [0, 0.05) is 12.1 Å². The van der Waals surface area contributed by atoms with Gasteiger partial charge in [-0.1, -0.05) is 72.5 Å². The third-order valence-corrected chi connectivity index (χ3v) is 5.99. The topological polar surface area (TPSA) is 66.8 Å². The van der Waals surface area contributed by atoms with E-state index in [4.69, 9.17) is 22.1 Å². The number of carboxylic acid groups (broad SMARTS) is 1. The van der Waals surface area contributed by atoms with Gasteiger partial charge < -0.3 is 9.84 Å². The van der Waals surface area contributed by atoms with Crippen LogP contribution < -0.4 is 4.74 Å². The van der Waals surface area contributed by atoms with Crippen LogP contribution in [0.1, 0.15) is 23.7 Å². The van der Waals surface area contributed by atoms with Gasteiger partial charge in [0.1, 0.15) is 16.2 Å². The second kappa shape index (κ2) is 8.23. The molecule has 0 spiro atoms. The zero-order valence-corrected chi connectivity index (χ0v) is 16.9. The number of fused-ring (bicyclic) bond motifs is 1. The molecule has 2 aliphatic rings. The maximum absolute atomic E-state index is 12.8. The summed E-state index contributed by atoms with van der Waals surface area (Å²) >= 11 is 6.47. The minimum atomic E-state index is -0.966. The Morgan fingerprint density at radius 1 is 1.17 bits per heavy atom. The van der Waals surface area contributed by atoms with Gasteiger partial charge in [-0.2, -0.15) is 0 Å². The van der Waals surface area contributed by atoms with Crippen LogP contribution in [-0.2, 0) is 9.59 Å². The molecule has 2 aromatic rings. The summed E-state index contributed by atoms with van der Waals surface area (Å²) in [6.45, 7) is 0.0673. The summed E-state index contributed by atoms with van der Waals surface area (Å²) in [6, 6.07) is 17.5. The highest BCUT2D eigenvalue weighted by Crippen LogP contribution is 2.40. The van der Waals surface area contributed by atoms with Crippen molar-refractivity contribution in [2.75, 3.05) is 6.54 Å². The smallest absolute Gasteiger partial charge is 0.305 e. The molecule has 29 heavy (non-hydrogen) atoms. The number of amides is 1. The number of aliphatic carboxylic acids is 1. The molecule has 2 aliphatic heterocycles. The highest BCUT2D eigenvalue weighted by molar-refractivity contribution is 8.26. The molecule has 1 amide bonds. The number of nitrogens with zero attached hydrogens (tertiary/aromatic N) is 1. The van der Waals surface area contributed by atoms with Gasteiger partial charge in [0.2, 0.25) is 0 Å². The molecule has 1 N–H and O–H groups in total. The molecule has 1 unspecified atom stereocenters. The molecule has 4 rings (SSSR count). The van der Waals surface area contributed by atoms with E-state index in [0.29, 0.717) is 9.23 Å². The van der Waals surface area contributed by atoms with E-state index in [1.807, 2.05) is 60.7 Å². The van der Waals surface area contributed by atoms with E-state index in [2.05, 4.69) is 0 Å². The van der Waals surface area contributed by atoms with Crippen LogP contribution in [0.4, 0.5) is 0 Å². The number of carboxylic acids is 1. The van der Waals surface area contributed by atoms with Gasteiger partial charge in [-0.25, -0.2) is 0 Å². The zero-order valence-electron chi connectivity index (χ0n) is 15.3. The van der Waals surface area contributed by atoms with Crippen LogP contribution in [0.5, 0.6) is 5.75 Å². The quantitative estimate of drug-likeness (QED) is 0.567. The SMILES string of the molecule is O=C(O)CCN1C(=O)/C(=C/C2=Cc3ccccc3OC2c2ccccc2)SC1=S. The fourth-order valence-corrected chi connectivity index (χ4v) is 4.52. The van der Waals surface area contributed by atoms with E-state index in [0.717, 1.165) is 22.4 Å². The number of ether oxygens (including phenoxy) is 1. The summed E-state index contributed by atoms with van der Waals surface area (Å²) in [6.07, 6.45) is 3.31. The predicted octanol–water partition coefficient (Wildman–Crippen LogP) is 4.42. The lowest BCUT2D eigenvalue weighted by molar-refractivity contribution is -0.137. The van der Waals surface area contributed by atoms with Gasteiger partial charge >= 0.3 is 5.97 Å². The molecular weight excluding hydrogens is 406 g/mol. The van der Waals surface area contributed by atoms with E-state index >= 15 is 0 Å². The minimum Gasteiger partial charge on any atom is -0.481 e. The van der Waals surface area contributed by atoms with Crippen molar-refractivity contribution < 1.29 is 19.4 Å². The van der Waals surface area contributed by atoms with Gasteiger partial charge in [0.15, 0.2) is 0 Å². The van der Waals surface area contributed by atoms with E-state index in [1.54, 1.807) is 6.08 Å². The molecule has 0 saturated carbocycles. The molecule has 7 heteroatoms. The molecule has 0 bridgehead atoms. The van der Waals surface area contributed by atoms with Gasteiger partial charge in [-0.15, -0.1) is 0 Å². The van der Waals surface area contributed by atoms with Crippen molar-refractivity contribution in [1.82, 2.24) is 4.90 Å². The fourth-order valence-electron chi connectivity index (χ4n) is 3.21. The Labute approximate surface area is 177 Å². The van der Waals surface area contributed by atoms with E-state index in [-0.39, 0.29) is 25.0 Å². The van der Waals surface area contributed by atoms with E-state index in [1.165, 1.54) is 16.7 Å². The first-order valence-corrected chi connectivity index (χ1v) is 10.2. The molecular formula is C22H17NO4S2.